The molecular weight excluding hydrogens is 554 g/mol. The zero-order valence-electron chi connectivity index (χ0n) is 27.6. The molecule has 2 aromatic rings. The Morgan fingerprint density at radius 2 is 1.89 bits per heavy atom. The molecule has 0 bridgehead atoms. The Balaban J connectivity index is 1.64. The van der Waals surface area contributed by atoms with Gasteiger partial charge in [0.25, 0.3) is 5.91 Å². The van der Waals surface area contributed by atoms with Crippen molar-refractivity contribution in [3.05, 3.63) is 58.8 Å². The minimum atomic E-state index is -0.768. The fourth-order valence-corrected chi connectivity index (χ4v) is 7.53. The predicted octanol–water partition coefficient (Wildman–Crippen LogP) is 6.30. The first kappa shape index (κ1) is 32.4. The highest BCUT2D eigenvalue weighted by Gasteiger charge is 2.59. The van der Waals surface area contributed by atoms with Crippen LogP contribution in [0, 0.1) is 11.3 Å². The summed E-state index contributed by atoms with van der Waals surface area (Å²) in [5.41, 5.74) is 4.10. The maximum atomic E-state index is 14.5. The number of ether oxygens (including phenoxy) is 3. The van der Waals surface area contributed by atoms with E-state index in [1.165, 1.54) is 24.8 Å². The number of hydrogen-bond donors (Lipinski definition) is 1. The van der Waals surface area contributed by atoms with E-state index in [0.717, 1.165) is 23.1 Å². The van der Waals surface area contributed by atoms with Gasteiger partial charge in [-0.05, 0) is 72.6 Å². The summed E-state index contributed by atoms with van der Waals surface area (Å²) in [7, 11) is 1.66. The molecule has 8 heteroatoms. The predicted molar refractivity (Wildman–Crippen MR) is 170 cm³/mol. The Kier molecular flexibility index (Phi) is 10.0. The van der Waals surface area contributed by atoms with Crippen molar-refractivity contribution in [2.75, 3.05) is 20.3 Å². The summed E-state index contributed by atoms with van der Waals surface area (Å²) in [4.78, 5) is 35.0. The van der Waals surface area contributed by atoms with Crippen molar-refractivity contribution in [2.45, 2.75) is 116 Å². The Morgan fingerprint density at radius 3 is 2.48 bits per heavy atom. The van der Waals surface area contributed by atoms with Gasteiger partial charge in [-0.1, -0.05) is 65.3 Å². The number of amides is 1. The molecule has 3 aliphatic rings. The monoisotopic (exact) mass is 605 g/mol. The first-order valence-corrected chi connectivity index (χ1v) is 16.5. The number of carbonyl (C=O) groups is 2. The van der Waals surface area contributed by atoms with Gasteiger partial charge in [-0.25, -0.2) is 9.78 Å². The van der Waals surface area contributed by atoms with Crippen LogP contribution < -0.4 is 10.1 Å². The van der Waals surface area contributed by atoms with Gasteiger partial charge in [0.15, 0.2) is 0 Å². The fourth-order valence-electron chi connectivity index (χ4n) is 7.53. The van der Waals surface area contributed by atoms with Gasteiger partial charge in [0.05, 0.1) is 19.8 Å². The lowest BCUT2D eigenvalue weighted by Crippen LogP contribution is -2.50. The van der Waals surface area contributed by atoms with Gasteiger partial charge < -0.3 is 24.4 Å². The van der Waals surface area contributed by atoms with Crippen molar-refractivity contribution in [3.63, 3.8) is 0 Å². The zero-order chi connectivity index (χ0) is 31.6. The summed E-state index contributed by atoms with van der Waals surface area (Å²) in [5.74, 6) is 0.629. The molecule has 8 nitrogen and oxygen atoms in total. The van der Waals surface area contributed by atoms with E-state index < -0.39 is 18.2 Å². The number of carbonyl (C=O) groups excluding carboxylic acids is 2. The van der Waals surface area contributed by atoms with E-state index in [0.29, 0.717) is 31.4 Å². The molecule has 1 aliphatic carbocycles. The summed E-state index contributed by atoms with van der Waals surface area (Å²) in [5, 5.41) is 3.89. The van der Waals surface area contributed by atoms with Crippen molar-refractivity contribution < 1.29 is 23.8 Å². The van der Waals surface area contributed by atoms with Crippen molar-refractivity contribution in [1.82, 2.24) is 15.2 Å². The number of hydrogen-bond acceptors (Lipinski definition) is 7. The van der Waals surface area contributed by atoms with Crippen LogP contribution in [0.3, 0.4) is 0 Å². The molecule has 3 fully saturated rings. The largest absolute Gasteiger partial charge is 0.481 e. The highest BCUT2D eigenvalue weighted by molar-refractivity contribution is 5.89. The van der Waals surface area contributed by atoms with Gasteiger partial charge in [0.2, 0.25) is 5.88 Å². The highest BCUT2D eigenvalue weighted by atomic mass is 16.5. The summed E-state index contributed by atoms with van der Waals surface area (Å²) in [6, 6.07) is 9.14. The normalized spacial score (nSPS) is 25.7. The van der Waals surface area contributed by atoms with Gasteiger partial charge in [0, 0.05) is 36.9 Å². The molecule has 1 aromatic heterocycles. The maximum absolute atomic E-state index is 14.5. The number of methoxy groups -OCH3 is 1. The molecular formula is C36H51N3O5. The molecule has 0 radical (unpaired) electrons. The van der Waals surface area contributed by atoms with Crippen molar-refractivity contribution in [2.24, 2.45) is 11.3 Å². The molecule has 1 amide bonds. The smallest absolute Gasteiger partial charge is 0.329 e. The third kappa shape index (κ3) is 6.38. The molecule has 2 aliphatic heterocycles. The van der Waals surface area contributed by atoms with E-state index in [1.54, 1.807) is 7.11 Å². The molecule has 5 atom stereocenters. The minimum absolute atomic E-state index is 0.131. The van der Waals surface area contributed by atoms with Crippen LogP contribution >= 0.6 is 0 Å². The zero-order valence-corrected chi connectivity index (χ0v) is 27.6. The van der Waals surface area contributed by atoms with Crippen molar-refractivity contribution in [3.8, 4) is 5.88 Å². The molecule has 2 saturated heterocycles. The Morgan fingerprint density at radius 1 is 1.14 bits per heavy atom. The number of esters is 1. The molecule has 5 rings (SSSR count). The van der Waals surface area contributed by atoms with E-state index in [4.69, 9.17) is 14.2 Å². The van der Waals surface area contributed by atoms with Crippen LogP contribution in [0.2, 0.25) is 0 Å². The number of rotatable bonds is 10. The number of nitrogens with zero attached hydrogens (tertiary/aromatic N) is 2. The summed E-state index contributed by atoms with van der Waals surface area (Å²) >= 11 is 0. The van der Waals surface area contributed by atoms with Crippen LogP contribution in [0.25, 0.3) is 0 Å². The maximum Gasteiger partial charge on any atom is 0.329 e. The SMILES string of the molecule is CCOC(=O)[C@@H]1[C@@H](C(C)(C)C)[C@H](NCc2cc(C3CCC3)cnc2OC)[C@H](c2ccccc2C(C)C)N1C(=O)[C@@H]1CCCO1. The van der Waals surface area contributed by atoms with Crippen LogP contribution in [0.15, 0.2) is 36.5 Å². The number of nitrogens with one attached hydrogen (secondary N) is 1. The number of aromatic nitrogens is 1. The molecule has 1 N–H and O–H groups in total. The molecule has 240 valence electrons. The van der Waals surface area contributed by atoms with Gasteiger partial charge >= 0.3 is 5.97 Å². The third-order valence-electron chi connectivity index (χ3n) is 9.84. The van der Waals surface area contributed by atoms with Crippen LogP contribution in [-0.4, -0.2) is 60.3 Å². The molecule has 44 heavy (non-hydrogen) atoms. The van der Waals surface area contributed by atoms with Gasteiger partial charge in [0.1, 0.15) is 12.1 Å². The van der Waals surface area contributed by atoms with E-state index in [9.17, 15) is 9.59 Å². The average Bonchev–Trinajstić information content (AvgIpc) is 3.62. The number of pyridine rings is 1. The van der Waals surface area contributed by atoms with Crippen LogP contribution in [0.1, 0.15) is 114 Å². The third-order valence-corrected chi connectivity index (χ3v) is 9.84. The summed E-state index contributed by atoms with van der Waals surface area (Å²) < 4.78 is 17.4. The van der Waals surface area contributed by atoms with Crippen molar-refractivity contribution in [1.29, 1.82) is 0 Å². The van der Waals surface area contributed by atoms with E-state index in [2.05, 4.69) is 69.2 Å². The molecule has 3 heterocycles. The van der Waals surface area contributed by atoms with E-state index in [-0.39, 0.29) is 41.8 Å². The Labute approximate surface area is 263 Å². The van der Waals surface area contributed by atoms with Crippen LogP contribution in [-0.2, 0) is 25.6 Å². The highest BCUT2D eigenvalue weighted by Crippen LogP contribution is 2.50. The van der Waals surface area contributed by atoms with E-state index >= 15 is 0 Å². The van der Waals surface area contributed by atoms with Crippen LogP contribution in [0.4, 0.5) is 0 Å². The van der Waals surface area contributed by atoms with Gasteiger partial charge in [-0.2, -0.15) is 0 Å². The van der Waals surface area contributed by atoms with Gasteiger partial charge in [-0.15, -0.1) is 0 Å². The van der Waals surface area contributed by atoms with Crippen molar-refractivity contribution >= 4 is 11.9 Å². The second-order valence-corrected chi connectivity index (χ2v) is 14.0. The lowest BCUT2D eigenvalue weighted by Gasteiger charge is -2.36. The molecule has 1 saturated carbocycles. The second kappa shape index (κ2) is 13.6. The number of likely N-dealkylation sites (tertiary alicyclic amines) is 1. The molecule has 1 aromatic carbocycles. The average molecular weight is 606 g/mol. The first-order valence-electron chi connectivity index (χ1n) is 16.5. The minimum Gasteiger partial charge on any atom is -0.481 e. The lowest BCUT2D eigenvalue weighted by molar-refractivity contribution is -0.160. The second-order valence-electron chi connectivity index (χ2n) is 14.0. The lowest BCUT2D eigenvalue weighted by atomic mass is 9.72. The molecule has 0 unspecified atom stereocenters. The number of benzene rings is 1. The fraction of sp³-hybridized carbons (Fsp3) is 0.639. The topological polar surface area (TPSA) is 90.0 Å². The van der Waals surface area contributed by atoms with Crippen LogP contribution in [0.5, 0.6) is 5.88 Å². The quantitative estimate of drug-likeness (QED) is 0.318. The first-order chi connectivity index (χ1) is 21.1. The Bertz CT molecular complexity index is 1310. The Hall–Kier alpha value is -2.97. The molecule has 0 spiro atoms. The summed E-state index contributed by atoms with van der Waals surface area (Å²) in [6.45, 7) is 13.9. The van der Waals surface area contributed by atoms with Gasteiger partial charge in [-0.3, -0.25) is 4.79 Å². The standard InChI is InChI=1S/C36H51N3O5/c1-8-43-35(41)32-29(36(4,5)6)30(37-21-25-19-24(23-13-11-14-23)20-38-33(25)42-7)31(27-16-10-9-15-26(27)22(2)3)39(32)34(40)28-17-12-18-44-28/h9-10,15-16,19-20,22-23,28-32,37H,8,11-14,17-18,21H2,1-7H3/t28-,29-,30-,31-,32-/m0/s1. The van der Waals surface area contributed by atoms with E-state index in [1.807, 2.05) is 24.1 Å². The summed E-state index contributed by atoms with van der Waals surface area (Å²) in [6.07, 6.45) is 6.48.